The maximum atomic E-state index is 10.4. The highest BCUT2D eigenvalue weighted by molar-refractivity contribution is 5.91. The Kier molecular flexibility index (Phi) is 10.9. The van der Waals surface area contributed by atoms with Gasteiger partial charge in [0.2, 0.25) is 0 Å². The predicted octanol–water partition coefficient (Wildman–Crippen LogP) is 7.29. The number of anilines is 3. The third kappa shape index (κ3) is 8.15. The van der Waals surface area contributed by atoms with E-state index < -0.39 is 0 Å². The van der Waals surface area contributed by atoms with Crippen LogP contribution in [0.4, 0.5) is 17.1 Å². The number of aryl methyl sites for hydroxylation is 4. The van der Waals surface area contributed by atoms with Crippen LogP contribution in [0.2, 0.25) is 0 Å². The number of phenols is 1. The lowest BCUT2D eigenvalue weighted by molar-refractivity contribution is 0.276. The molecule has 4 N–H and O–H groups in total. The first-order valence-corrected chi connectivity index (χ1v) is 17.4. The van der Waals surface area contributed by atoms with Crippen LogP contribution in [-0.2, 0) is 19.5 Å². The monoisotopic (exact) mass is 692 g/mol. The summed E-state index contributed by atoms with van der Waals surface area (Å²) < 4.78 is 19.2. The van der Waals surface area contributed by atoms with Gasteiger partial charge in [-0.1, -0.05) is 18.2 Å². The standard InChI is InChI=1S/C15H18N2O.C9H10N2O2.C9H11NO.C7H9NO/c1-10-7-11-12-9-16(2)4-3-13(12)17-5-6-18-14(8-10)15(11)17;1-7-2-3-8-9(6-7)13-5-4-11(8)10-12;1-7-2-3-8-9(6-7)11-5-4-10-8;1-5-2-3-6(8)7(9)4-5/h7-8H,3-6,9H2,1-2H3;2-3,6H,4-5H2,1H3;2-3,6,10H,4-5H2,1H3;2-4,9H,8H2,1H3. The van der Waals surface area contributed by atoms with Crippen LogP contribution < -0.4 is 30.3 Å². The number of aromatic hydroxyl groups is 1. The van der Waals surface area contributed by atoms with Gasteiger partial charge in [0.1, 0.15) is 48.5 Å². The van der Waals surface area contributed by atoms with E-state index in [-0.39, 0.29) is 5.75 Å². The Morgan fingerprint density at radius 2 is 1.43 bits per heavy atom. The summed E-state index contributed by atoms with van der Waals surface area (Å²) in [6, 6.07) is 21.6. The van der Waals surface area contributed by atoms with Crippen LogP contribution >= 0.6 is 0 Å². The molecular formula is C40H48N6O5. The molecule has 0 saturated heterocycles. The minimum absolute atomic E-state index is 0.162. The summed E-state index contributed by atoms with van der Waals surface area (Å²) in [6.45, 7) is 14.9. The first-order chi connectivity index (χ1) is 24.6. The summed E-state index contributed by atoms with van der Waals surface area (Å²) in [5.74, 6) is 2.96. The van der Waals surface area contributed by atoms with Crippen molar-refractivity contribution >= 4 is 28.0 Å². The lowest BCUT2D eigenvalue weighted by Crippen LogP contribution is -2.28. The van der Waals surface area contributed by atoms with E-state index in [2.05, 4.69) is 71.3 Å². The smallest absolute Gasteiger partial charge is 0.144 e. The fraction of sp³-hybridized carbons (Fsp3) is 0.350. The molecule has 51 heavy (non-hydrogen) atoms. The number of hydrogen-bond acceptors (Lipinski definition) is 9. The Hall–Kier alpha value is -5.42. The van der Waals surface area contributed by atoms with Crippen LogP contribution in [0.1, 0.15) is 33.5 Å². The SMILES string of the molecule is Cc1cc2c3c(c1)c1c(n3CCO2)CCN(C)C1.Cc1ccc(N)c(O)c1.Cc1ccc2c(c1)OCCN2.Cc1ccc2c(c1)OCCN2N=O. The van der Waals surface area contributed by atoms with Crippen molar-refractivity contribution in [3.63, 3.8) is 0 Å². The Morgan fingerprint density at radius 1 is 0.765 bits per heavy atom. The molecule has 5 heterocycles. The molecule has 0 aliphatic carbocycles. The molecule has 0 radical (unpaired) electrons. The number of ether oxygens (including phenoxy) is 3. The van der Waals surface area contributed by atoms with E-state index in [0.717, 1.165) is 72.6 Å². The number of fused-ring (bicyclic) bond motifs is 5. The molecule has 0 amide bonds. The maximum Gasteiger partial charge on any atom is 0.144 e. The number of nitrogens with one attached hydrogen (secondary N) is 1. The van der Waals surface area contributed by atoms with Crippen LogP contribution in [0.5, 0.6) is 23.0 Å². The lowest BCUT2D eigenvalue weighted by atomic mass is 10.0. The summed E-state index contributed by atoms with van der Waals surface area (Å²) >= 11 is 0. The summed E-state index contributed by atoms with van der Waals surface area (Å²) in [4.78, 5) is 12.8. The fourth-order valence-electron chi connectivity index (χ4n) is 6.71. The Bertz CT molecular complexity index is 2030. The second kappa shape index (κ2) is 15.6. The number of rotatable bonds is 1. The Labute approximate surface area is 299 Å². The van der Waals surface area contributed by atoms with Crippen molar-refractivity contribution in [1.82, 2.24) is 9.47 Å². The topological polar surface area (TPSA) is 127 Å². The number of nitrogens with zero attached hydrogens (tertiary/aromatic N) is 4. The summed E-state index contributed by atoms with van der Waals surface area (Å²) in [7, 11) is 2.21. The fourth-order valence-corrected chi connectivity index (χ4v) is 6.71. The molecule has 4 aliphatic heterocycles. The van der Waals surface area contributed by atoms with Gasteiger partial charge < -0.3 is 39.8 Å². The molecular weight excluding hydrogens is 644 g/mol. The van der Waals surface area contributed by atoms with E-state index >= 15 is 0 Å². The molecule has 0 atom stereocenters. The molecule has 11 heteroatoms. The van der Waals surface area contributed by atoms with Gasteiger partial charge >= 0.3 is 0 Å². The predicted molar refractivity (Wildman–Crippen MR) is 204 cm³/mol. The number of aromatic nitrogens is 1. The normalized spacial score (nSPS) is 15.2. The largest absolute Gasteiger partial charge is 0.506 e. The zero-order chi connectivity index (χ0) is 36.1. The molecule has 4 aliphatic rings. The number of benzene rings is 4. The van der Waals surface area contributed by atoms with E-state index in [9.17, 15) is 4.91 Å². The molecule has 0 bridgehead atoms. The molecule has 9 rings (SSSR count). The third-order valence-electron chi connectivity index (χ3n) is 9.27. The minimum Gasteiger partial charge on any atom is -0.506 e. The number of nitrogen functional groups attached to an aromatic ring is 1. The van der Waals surface area contributed by atoms with Crippen molar-refractivity contribution < 1.29 is 19.3 Å². The van der Waals surface area contributed by atoms with E-state index in [1.165, 1.54) is 45.6 Å². The van der Waals surface area contributed by atoms with Gasteiger partial charge in [0, 0.05) is 37.1 Å². The highest BCUT2D eigenvalue weighted by Gasteiger charge is 2.26. The van der Waals surface area contributed by atoms with E-state index in [1.807, 2.05) is 38.1 Å². The second-order valence-corrected chi connectivity index (χ2v) is 13.4. The maximum absolute atomic E-state index is 10.4. The molecule has 4 aromatic carbocycles. The van der Waals surface area contributed by atoms with E-state index in [0.29, 0.717) is 18.8 Å². The van der Waals surface area contributed by atoms with Gasteiger partial charge in [0.15, 0.2) is 0 Å². The number of phenolic OH excluding ortho intramolecular Hbond substituents is 1. The zero-order valence-electron chi connectivity index (χ0n) is 30.2. The molecule has 0 unspecified atom stereocenters. The number of hydrogen-bond donors (Lipinski definition) is 3. The van der Waals surface area contributed by atoms with Crippen LogP contribution in [0, 0.1) is 32.6 Å². The van der Waals surface area contributed by atoms with Gasteiger partial charge in [-0.2, -0.15) is 0 Å². The van der Waals surface area contributed by atoms with Gasteiger partial charge in [-0.15, -0.1) is 4.91 Å². The van der Waals surface area contributed by atoms with Crippen LogP contribution in [0.3, 0.4) is 0 Å². The molecule has 0 spiro atoms. The minimum atomic E-state index is 0.162. The molecule has 268 valence electrons. The van der Waals surface area contributed by atoms with Crippen LogP contribution in [0.15, 0.2) is 72.0 Å². The lowest BCUT2D eigenvalue weighted by Gasteiger charge is -2.25. The molecule has 0 fully saturated rings. The summed E-state index contributed by atoms with van der Waals surface area (Å²) in [5, 5.41) is 18.0. The number of nitroso groups, excluding NO2 is 1. The second-order valence-electron chi connectivity index (χ2n) is 13.4. The van der Waals surface area contributed by atoms with Crippen molar-refractivity contribution in [1.29, 1.82) is 0 Å². The summed E-state index contributed by atoms with van der Waals surface area (Å²) in [5.41, 5.74) is 16.7. The molecule has 0 saturated carbocycles. The summed E-state index contributed by atoms with van der Waals surface area (Å²) in [6.07, 6.45) is 1.17. The van der Waals surface area contributed by atoms with E-state index in [1.54, 1.807) is 17.8 Å². The third-order valence-corrected chi connectivity index (χ3v) is 9.27. The highest BCUT2D eigenvalue weighted by atomic mass is 16.5. The number of nitrogens with two attached hydrogens (primary N) is 1. The first-order valence-electron chi connectivity index (χ1n) is 17.4. The van der Waals surface area contributed by atoms with Gasteiger partial charge in [-0.25, -0.2) is 5.01 Å². The van der Waals surface area contributed by atoms with Crippen molar-refractivity contribution in [3.8, 4) is 23.0 Å². The van der Waals surface area contributed by atoms with Gasteiger partial charge in [-0.3, -0.25) is 0 Å². The Morgan fingerprint density at radius 3 is 2.20 bits per heavy atom. The molecule has 5 aromatic rings. The first kappa shape index (κ1) is 35.4. The van der Waals surface area contributed by atoms with Crippen LogP contribution in [-0.4, -0.2) is 61.1 Å². The highest BCUT2D eigenvalue weighted by Crippen LogP contribution is 2.38. The quantitative estimate of drug-likeness (QED) is 0.0943. The number of likely N-dealkylation sites (N-methyl/N-ethyl adjacent to an activating group) is 1. The molecule has 11 nitrogen and oxygen atoms in total. The van der Waals surface area contributed by atoms with Crippen molar-refractivity contribution in [2.75, 3.05) is 62.6 Å². The van der Waals surface area contributed by atoms with Crippen LogP contribution in [0.25, 0.3) is 10.9 Å². The molecule has 1 aromatic heterocycles. The van der Waals surface area contributed by atoms with E-state index in [4.69, 9.17) is 25.1 Å². The average molecular weight is 693 g/mol. The van der Waals surface area contributed by atoms with Gasteiger partial charge in [0.25, 0.3) is 0 Å². The zero-order valence-corrected chi connectivity index (χ0v) is 30.2. The van der Waals surface area contributed by atoms with Gasteiger partial charge in [0.05, 0.1) is 35.3 Å². The van der Waals surface area contributed by atoms with Crippen molar-refractivity contribution in [2.45, 2.75) is 47.2 Å². The van der Waals surface area contributed by atoms with Crippen molar-refractivity contribution in [2.24, 2.45) is 5.29 Å². The van der Waals surface area contributed by atoms with Gasteiger partial charge in [-0.05, 0) is 111 Å². The average Bonchev–Trinajstić information content (AvgIpc) is 3.43. The van der Waals surface area contributed by atoms with Crippen molar-refractivity contribution in [3.05, 3.63) is 105 Å². The Balaban J connectivity index is 0.000000122.